The minimum absolute atomic E-state index is 0.825. The second kappa shape index (κ2) is 3.08. The van der Waals surface area contributed by atoms with E-state index in [1.165, 1.54) is 25.7 Å². The van der Waals surface area contributed by atoms with E-state index in [0.29, 0.717) is 0 Å². The van der Waals surface area contributed by atoms with Crippen LogP contribution in [0, 0.1) is 11.8 Å². The van der Waals surface area contributed by atoms with Gasteiger partial charge < -0.3 is 0 Å². The van der Waals surface area contributed by atoms with Crippen molar-refractivity contribution in [3.63, 3.8) is 0 Å². The molecule has 0 nitrogen and oxygen atoms in total. The third-order valence-corrected chi connectivity index (χ3v) is 3.12. The van der Waals surface area contributed by atoms with E-state index in [-0.39, 0.29) is 0 Å². The molecule has 2 aliphatic rings. The van der Waals surface area contributed by atoms with Crippen molar-refractivity contribution in [3.8, 4) is 0 Å². The van der Waals surface area contributed by atoms with Crippen molar-refractivity contribution in [2.24, 2.45) is 11.8 Å². The minimum atomic E-state index is 0.825. The van der Waals surface area contributed by atoms with Gasteiger partial charge in [0.1, 0.15) is 0 Å². The molecular formula is C12H18. The highest BCUT2D eigenvalue weighted by Crippen LogP contribution is 2.35. The van der Waals surface area contributed by atoms with Crippen LogP contribution in [0.3, 0.4) is 0 Å². The number of rotatable bonds is 0. The Morgan fingerprint density at radius 2 is 1.33 bits per heavy atom. The average Bonchev–Trinajstić information content (AvgIpc) is 2.05. The van der Waals surface area contributed by atoms with Gasteiger partial charge in [0, 0.05) is 0 Å². The normalized spacial score (nSPS) is 35.2. The Hall–Kier alpha value is -0.520. The van der Waals surface area contributed by atoms with Crippen molar-refractivity contribution in [2.75, 3.05) is 0 Å². The third kappa shape index (κ3) is 1.48. The van der Waals surface area contributed by atoms with Crippen LogP contribution in [-0.4, -0.2) is 0 Å². The first kappa shape index (κ1) is 8.10. The van der Waals surface area contributed by atoms with Gasteiger partial charge in [-0.05, 0) is 48.7 Å². The summed E-state index contributed by atoms with van der Waals surface area (Å²) in [4.78, 5) is 0. The van der Waals surface area contributed by atoms with Crippen LogP contribution < -0.4 is 0 Å². The van der Waals surface area contributed by atoms with Crippen LogP contribution >= 0.6 is 0 Å². The van der Waals surface area contributed by atoms with Gasteiger partial charge in [-0.15, -0.1) is 0 Å². The van der Waals surface area contributed by atoms with E-state index in [4.69, 9.17) is 0 Å². The molecule has 0 saturated carbocycles. The maximum atomic E-state index is 2.49. The average molecular weight is 162 g/mol. The highest BCUT2D eigenvalue weighted by molar-refractivity contribution is 5.36. The summed E-state index contributed by atoms with van der Waals surface area (Å²) in [7, 11) is 0. The summed E-state index contributed by atoms with van der Waals surface area (Å²) in [6.45, 7) is 4.67. The zero-order valence-electron chi connectivity index (χ0n) is 8.14. The van der Waals surface area contributed by atoms with Crippen LogP contribution in [0.4, 0.5) is 0 Å². The van der Waals surface area contributed by atoms with Gasteiger partial charge >= 0.3 is 0 Å². The monoisotopic (exact) mass is 162 g/mol. The fourth-order valence-corrected chi connectivity index (χ4v) is 2.32. The Bertz CT molecular complexity index is 206. The van der Waals surface area contributed by atoms with Gasteiger partial charge in [0.05, 0.1) is 0 Å². The van der Waals surface area contributed by atoms with E-state index >= 15 is 0 Å². The zero-order valence-corrected chi connectivity index (χ0v) is 8.14. The molecule has 0 aliphatic heterocycles. The predicted molar refractivity (Wildman–Crippen MR) is 53.0 cm³/mol. The Morgan fingerprint density at radius 3 is 1.75 bits per heavy atom. The SMILES string of the molecule is CC1C=C2CCC(C)C=C2CC1. The molecule has 2 atom stereocenters. The van der Waals surface area contributed by atoms with Crippen molar-refractivity contribution in [3.05, 3.63) is 23.3 Å². The number of allylic oxidation sites excluding steroid dienone is 4. The highest BCUT2D eigenvalue weighted by atomic mass is 14.2. The van der Waals surface area contributed by atoms with Crippen LogP contribution in [0.2, 0.25) is 0 Å². The summed E-state index contributed by atoms with van der Waals surface area (Å²) in [5.74, 6) is 1.65. The number of hydrogen-bond donors (Lipinski definition) is 0. The lowest BCUT2D eigenvalue weighted by Crippen LogP contribution is -2.10. The molecule has 0 spiro atoms. The molecule has 0 heteroatoms. The fraction of sp³-hybridized carbons (Fsp3) is 0.667. The highest BCUT2D eigenvalue weighted by Gasteiger charge is 2.19. The van der Waals surface area contributed by atoms with Crippen LogP contribution in [0.1, 0.15) is 39.5 Å². The third-order valence-electron chi connectivity index (χ3n) is 3.12. The van der Waals surface area contributed by atoms with E-state index in [1.807, 2.05) is 0 Å². The summed E-state index contributed by atoms with van der Waals surface area (Å²) in [6, 6.07) is 0. The summed E-state index contributed by atoms with van der Waals surface area (Å²) in [5.41, 5.74) is 3.32. The van der Waals surface area contributed by atoms with Gasteiger partial charge in [0.15, 0.2) is 0 Å². The van der Waals surface area contributed by atoms with Gasteiger partial charge in [-0.1, -0.05) is 26.0 Å². The molecule has 0 aromatic carbocycles. The molecule has 2 aliphatic carbocycles. The number of hydrogen-bond acceptors (Lipinski definition) is 0. The first-order valence-electron chi connectivity index (χ1n) is 5.17. The maximum Gasteiger partial charge on any atom is -0.0253 e. The summed E-state index contributed by atoms with van der Waals surface area (Å²) >= 11 is 0. The molecule has 2 rings (SSSR count). The Morgan fingerprint density at radius 1 is 0.917 bits per heavy atom. The molecule has 0 aromatic heterocycles. The fourth-order valence-electron chi connectivity index (χ4n) is 2.32. The van der Waals surface area contributed by atoms with Crippen LogP contribution in [-0.2, 0) is 0 Å². The van der Waals surface area contributed by atoms with E-state index < -0.39 is 0 Å². The van der Waals surface area contributed by atoms with Gasteiger partial charge in [0.2, 0.25) is 0 Å². The van der Waals surface area contributed by atoms with Gasteiger partial charge in [0.25, 0.3) is 0 Å². The Balaban J connectivity index is 2.25. The molecule has 0 heterocycles. The molecular weight excluding hydrogens is 144 g/mol. The van der Waals surface area contributed by atoms with E-state index in [9.17, 15) is 0 Å². The molecule has 0 N–H and O–H groups in total. The van der Waals surface area contributed by atoms with Crippen molar-refractivity contribution in [1.29, 1.82) is 0 Å². The van der Waals surface area contributed by atoms with Gasteiger partial charge in [-0.3, -0.25) is 0 Å². The Labute approximate surface area is 75.4 Å². The molecule has 0 aromatic rings. The summed E-state index contributed by atoms with van der Waals surface area (Å²) < 4.78 is 0. The van der Waals surface area contributed by atoms with Gasteiger partial charge in [-0.25, -0.2) is 0 Å². The van der Waals surface area contributed by atoms with Crippen LogP contribution in [0.25, 0.3) is 0 Å². The van der Waals surface area contributed by atoms with E-state index in [1.54, 1.807) is 11.1 Å². The molecule has 2 unspecified atom stereocenters. The minimum Gasteiger partial charge on any atom is -0.0782 e. The molecule has 0 amide bonds. The van der Waals surface area contributed by atoms with E-state index in [2.05, 4.69) is 26.0 Å². The second-order valence-corrected chi connectivity index (χ2v) is 4.42. The number of fused-ring (bicyclic) bond motifs is 1. The molecule has 12 heavy (non-hydrogen) atoms. The standard InChI is InChI=1S/C12H18/c1-9-3-5-12-8-10(2)4-6-11(12)7-9/h7-10H,3-6H2,1-2H3. The largest absolute Gasteiger partial charge is 0.0782 e. The lowest BCUT2D eigenvalue weighted by Gasteiger charge is -2.26. The zero-order chi connectivity index (χ0) is 8.55. The summed E-state index contributed by atoms with van der Waals surface area (Å²) in [5, 5.41) is 0. The first-order chi connectivity index (χ1) is 5.75. The smallest absolute Gasteiger partial charge is 0.0253 e. The van der Waals surface area contributed by atoms with Crippen LogP contribution in [0.15, 0.2) is 23.3 Å². The molecule has 0 radical (unpaired) electrons. The Kier molecular flexibility index (Phi) is 2.08. The van der Waals surface area contributed by atoms with Crippen molar-refractivity contribution < 1.29 is 0 Å². The lowest BCUT2D eigenvalue weighted by molar-refractivity contribution is 0.557. The van der Waals surface area contributed by atoms with Crippen molar-refractivity contribution in [1.82, 2.24) is 0 Å². The second-order valence-electron chi connectivity index (χ2n) is 4.42. The van der Waals surface area contributed by atoms with Crippen molar-refractivity contribution >= 4 is 0 Å². The molecule has 0 fully saturated rings. The van der Waals surface area contributed by atoms with Crippen LogP contribution in [0.5, 0.6) is 0 Å². The first-order valence-corrected chi connectivity index (χ1v) is 5.17. The van der Waals surface area contributed by atoms with Gasteiger partial charge in [-0.2, -0.15) is 0 Å². The summed E-state index contributed by atoms with van der Waals surface area (Å²) in [6.07, 6.45) is 10.4. The van der Waals surface area contributed by atoms with Crippen molar-refractivity contribution in [2.45, 2.75) is 39.5 Å². The topological polar surface area (TPSA) is 0 Å². The quantitative estimate of drug-likeness (QED) is 0.509. The maximum absolute atomic E-state index is 2.49. The lowest BCUT2D eigenvalue weighted by atomic mass is 9.79. The predicted octanol–water partition coefficient (Wildman–Crippen LogP) is 3.70. The molecule has 66 valence electrons. The molecule has 0 bridgehead atoms. The van der Waals surface area contributed by atoms with E-state index in [0.717, 1.165) is 11.8 Å². The molecule has 0 saturated heterocycles.